The van der Waals surface area contributed by atoms with E-state index < -0.39 is 65.1 Å². The van der Waals surface area contributed by atoms with Gasteiger partial charge in [0.15, 0.2) is 5.89 Å². The number of esters is 2. The van der Waals surface area contributed by atoms with Crippen LogP contribution in [0.4, 0.5) is 5.69 Å². The third-order valence-electron chi connectivity index (χ3n) is 10.7. The molecule has 0 bridgehead atoms. The number of nitrogens with zero attached hydrogens (tertiary/aromatic N) is 3. The van der Waals surface area contributed by atoms with Crippen LogP contribution in [-0.4, -0.2) is 107 Å². The van der Waals surface area contributed by atoms with E-state index in [1.807, 2.05) is 80.6 Å². The highest BCUT2D eigenvalue weighted by Gasteiger charge is 2.30. The summed E-state index contributed by atoms with van der Waals surface area (Å²) in [6.07, 6.45) is 0.246. The average Bonchev–Trinajstić information content (AvgIpc) is 0.917. The maximum Gasteiger partial charge on any atom is 0.346 e. The molecule has 15 N–H and O–H groups in total. The molecule has 530 valence electrons. The topological polar surface area (TPSA) is 493 Å². The van der Waals surface area contributed by atoms with E-state index in [1.54, 1.807) is 105 Å². The lowest BCUT2D eigenvalue weighted by Gasteiger charge is -2.24. The zero-order valence-corrected chi connectivity index (χ0v) is 55.7. The van der Waals surface area contributed by atoms with Crippen molar-refractivity contribution >= 4 is 105 Å². The molecule has 5 aromatic carbocycles. The number of carboxylic acid groups (broad SMARTS) is 2. The average molecular weight is 1370 g/mol. The number of hydrogen-bond donors (Lipinski definition) is 8. The number of primary amides is 1. The van der Waals surface area contributed by atoms with Crippen LogP contribution in [0.1, 0.15) is 196 Å². The Labute approximate surface area is 567 Å². The smallest absolute Gasteiger partial charge is 0.346 e. The van der Waals surface area contributed by atoms with Gasteiger partial charge in [0.05, 0.1) is 58.4 Å². The van der Waals surface area contributed by atoms with Crippen LogP contribution in [0.25, 0.3) is 21.8 Å². The van der Waals surface area contributed by atoms with Gasteiger partial charge in [-0.25, -0.2) is 24.4 Å². The van der Waals surface area contributed by atoms with Crippen molar-refractivity contribution in [2.75, 3.05) is 5.73 Å². The van der Waals surface area contributed by atoms with Crippen molar-refractivity contribution in [3.05, 3.63) is 182 Å². The molecule has 2 saturated heterocycles. The van der Waals surface area contributed by atoms with Gasteiger partial charge in [0.2, 0.25) is 29.5 Å². The van der Waals surface area contributed by atoms with Crippen molar-refractivity contribution in [3.8, 4) is 0 Å². The molecule has 2 fully saturated rings. The number of rotatable bonds is 4. The van der Waals surface area contributed by atoms with Crippen molar-refractivity contribution in [2.24, 2.45) is 11.5 Å². The molecule has 2 aromatic heterocycles. The number of benzene rings is 5. The number of carboxylic acids is 2. The molecule has 7 amide bonds. The van der Waals surface area contributed by atoms with Gasteiger partial charge in [0.1, 0.15) is 11.8 Å². The summed E-state index contributed by atoms with van der Waals surface area (Å²) in [6.45, 7) is 25.6. The summed E-state index contributed by atoms with van der Waals surface area (Å²) in [7, 11) is 0. The zero-order chi connectivity index (χ0) is 71.9. The number of imide groups is 3. The number of aryl methyl sites for hydroxylation is 2. The van der Waals surface area contributed by atoms with Crippen LogP contribution in [0.3, 0.4) is 0 Å². The van der Waals surface area contributed by atoms with Crippen molar-refractivity contribution < 1.29 is 85.8 Å². The normalized spacial score (nSPS) is 14.4. The van der Waals surface area contributed by atoms with Gasteiger partial charge >= 0.3 is 29.5 Å². The number of carbonyl (C=O) groups is 11. The van der Waals surface area contributed by atoms with Crippen LogP contribution in [-0.2, 0) is 33.5 Å². The Balaban J connectivity index is -0.000000195. The third kappa shape index (κ3) is 33.2. The molecule has 3 aliphatic rings. The highest BCUT2D eigenvalue weighted by Crippen LogP contribution is 2.20. The summed E-state index contributed by atoms with van der Waals surface area (Å²) in [5.41, 5.74) is 17.3. The molecule has 10 rings (SSSR count). The van der Waals surface area contributed by atoms with E-state index in [0.717, 1.165) is 4.57 Å². The number of aromatic nitrogens is 3. The van der Waals surface area contributed by atoms with Crippen LogP contribution in [0.2, 0.25) is 0 Å². The quantitative estimate of drug-likeness (QED) is 0.0356. The number of carbonyl (C=O) groups excluding carboxylic acids is 9. The largest absolute Gasteiger partial charge is 0.478 e. The van der Waals surface area contributed by atoms with Crippen molar-refractivity contribution in [1.29, 1.82) is 0 Å². The van der Waals surface area contributed by atoms with Crippen LogP contribution >= 0.6 is 12.4 Å². The number of amides is 7. The van der Waals surface area contributed by atoms with Gasteiger partial charge in [-0.15, -0.1) is 12.4 Å². The van der Waals surface area contributed by atoms with Gasteiger partial charge in [-0.05, 0) is 80.4 Å². The predicted octanol–water partition coefficient (Wildman–Crippen LogP) is 8.22. The number of para-hydroxylation sites is 3. The lowest BCUT2D eigenvalue weighted by atomic mass is 10.1. The van der Waals surface area contributed by atoms with Gasteiger partial charge in [0.25, 0.3) is 17.4 Å². The van der Waals surface area contributed by atoms with Crippen LogP contribution in [0.15, 0.2) is 135 Å². The first-order valence-electron chi connectivity index (χ1n) is 29.6. The SMILES string of the molecule is C.C.CC.CC.CC.CC.CC.CC(=O)OC(C)=O.Cc1nc2ccccc2c(=O)o1.Cl.NC(=O)c1ccccc1C(=O)O.Nc1ccccc1C(=O)O.O.O.O=C1NC(=O)c2ccccc21.[2H][C@]1(N)CCC(=O)NC1=O.[2H][C@]1(n2c(C)nc3ccccc3c2=O)CCC(=O)NC1=O. The summed E-state index contributed by atoms with van der Waals surface area (Å²) in [6, 6.07) is 29.4. The number of halogens is 1. The lowest BCUT2D eigenvalue weighted by molar-refractivity contribution is -0.156. The molecule has 0 unspecified atom stereocenters. The Bertz CT molecular complexity index is 3770. The molecule has 0 spiro atoms. The molecule has 0 radical (unpaired) electrons. The molecule has 29 heteroatoms. The number of nitrogen functional groups attached to an aromatic ring is 1. The molecule has 0 saturated carbocycles. The lowest BCUT2D eigenvalue weighted by Crippen LogP contribution is -2.48. The monoisotopic (exact) mass is 1370 g/mol. The summed E-state index contributed by atoms with van der Waals surface area (Å²) in [5, 5.41) is 24.3. The Hall–Kier alpha value is -10.7. The number of nitrogens with two attached hydrogens (primary N) is 3. The number of nitrogens with one attached hydrogen (secondary N) is 3. The fraction of sp³-hybridized carbons (Fsp3) is 0.328. The molecule has 7 aromatic rings. The molecular formula is C67H96ClN9O19. The van der Waals surface area contributed by atoms with Crippen molar-refractivity contribution in [2.45, 2.75) is 150 Å². The van der Waals surface area contributed by atoms with Crippen molar-refractivity contribution in [1.82, 2.24) is 30.5 Å². The minimum atomic E-state index is -1.84. The third-order valence-corrected chi connectivity index (χ3v) is 10.7. The first kappa shape index (κ1) is 94.0. The maximum atomic E-state index is 12.6. The Kier molecular flexibility index (Phi) is 52.7. The van der Waals surface area contributed by atoms with E-state index >= 15 is 0 Å². The van der Waals surface area contributed by atoms with E-state index in [1.165, 1.54) is 38.1 Å². The second-order valence-electron chi connectivity index (χ2n) is 16.6. The second-order valence-corrected chi connectivity index (χ2v) is 16.6. The second kappa shape index (κ2) is 53.8. The number of piperidine rings is 2. The summed E-state index contributed by atoms with van der Waals surface area (Å²) >= 11 is 0. The van der Waals surface area contributed by atoms with Crippen molar-refractivity contribution in [3.63, 3.8) is 0 Å². The number of anilines is 1. The summed E-state index contributed by atoms with van der Waals surface area (Å²) < 4.78 is 25.4. The van der Waals surface area contributed by atoms with E-state index in [2.05, 4.69) is 25.3 Å². The number of ether oxygens (including phenoxy) is 1. The first-order chi connectivity index (χ1) is 44.0. The van der Waals surface area contributed by atoms with Crippen LogP contribution in [0.5, 0.6) is 0 Å². The fourth-order valence-electron chi connectivity index (χ4n) is 7.03. The molecule has 5 heterocycles. The molecule has 3 aliphatic heterocycles. The highest BCUT2D eigenvalue weighted by atomic mass is 35.5. The minimum Gasteiger partial charge on any atom is -0.478 e. The molecule has 28 nitrogen and oxygen atoms in total. The maximum absolute atomic E-state index is 12.6. The molecule has 2 atom stereocenters. The standard InChI is InChI=1S/C14H13N3O3.C9H7NO2.C8H7NO3.C8H5NO2.C7H7NO2.C5H8N2O2.C4H6O3.5C2H6.2CH4.ClH.2H2O/c1-8-15-10-5-3-2-4-9(10)14(20)17(8)11-6-7-12(18)16-13(11)19;1-6-10-8-5-3-2-4-7(8)9(11)12-6;9-7(10)5-3-1-2-4-6(5)8(11)12;10-7-5-3-1-2-4-6(5)8(11)9-7;8-6-4-2-1-3-5(6)7(9)10;6-3-1-2-4(8)7-5(3)9;1-3(5)7-4(2)6;5*1-2;;;;;/h2-5,11H,6-7H2,1H3,(H,16,18,19);2-5H,1H3;1-4H,(H2,9,10)(H,11,12);1-4H,(H,9,10,11);1-4H,8H2,(H,9,10);3H,1-2,6H2,(H,7,8,9);1-2H3;5*1-2H3;2*1H4;1H;2*1H2/t11-;;;;;3-;;;;;;;;;;;/m0....0.........../s1/i11D;;;;;3D;;;;;;;;;;;. The highest BCUT2D eigenvalue weighted by molar-refractivity contribution is 6.21. The molecule has 0 aliphatic carbocycles. The van der Waals surface area contributed by atoms with E-state index in [-0.39, 0.29) is 110 Å². The van der Waals surface area contributed by atoms with Crippen LogP contribution in [0, 0.1) is 13.8 Å². The summed E-state index contributed by atoms with van der Waals surface area (Å²) in [4.78, 5) is 150. The van der Waals surface area contributed by atoms with Gasteiger partial charge in [0, 0.05) is 39.3 Å². The molecular weight excluding hydrogens is 1270 g/mol. The van der Waals surface area contributed by atoms with Crippen LogP contribution < -0.4 is 44.3 Å². The predicted molar refractivity (Wildman–Crippen MR) is 373 cm³/mol. The van der Waals surface area contributed by atoms with Gasteiger partial charge in [-0.2, -0.15) is 0 Å². The molecule has 96 heavy (non-hydrogen) atoms. The van der Waals surface area contributed by atoms with Gasteiger partial charge < -0.3 is 47.5 Å². The van der Waals surface area contributed by atoms with E-state index in [0.29, 0.717) is 44.5 Å². The van der Waals surface area contributed by atoms with E-state index in [9.17, 15) is 62.3 Å². The van der Waals surface area contributed by atoms with Gasteiger partial charge in [-0.1, -0.05) is 145 Å². The number of aromatic carboxylic acids is 2. The Morgan fingerprint density at radius 1 is 0.562 bits per heavy atom. The fourth-order valence-corrected chi connectivity index (χ4v) is 7.03. The number of fused-ring (bicyclic) bond motifs is 3. The zero-order valence-electron chi connectivity index (χ0n) is 56.9. The Morgan fingerprint density at radius 3 is 1.33 bits per heavy atom. The summed E-state index contributed by atoms with van der Waals surface area (Å²) in [5.74, 6) is -6.19. The Morgan fingerprint density at radius 2 is 0.948 bits per heavy atom. The minimum absolute atomic E-state index is 0. The first-order valence-corrected chi connectivity index (χ1v) is 28.6. The van der Waals surface area contributed by atoms with Gasteiger partial charge in [-0.3, -0.25) is 68.5 Å². The van der Waals surface area contributed by atoms with E-state index in [4.69, 9.17) is 34.6 Å². The number of hydrogen-bond acceptors (Lipinski definition) is 19.